The van der Waals surface area contributed by atoms with E-state index in [0.29, 0.717) is 41.1 Å². The molecule has 0 saturated carbocycles. The fraction of sp³-hybridized carbons (Fsp3) is 0.176. The van der Waals surface area contributed by atoms with E-state index in [4.69, 9.17) is 20.8 Å². The van der Waals surface area contributed by atoms with E-state index >= 15 is 0 Å². The standard InChI is InChI=1S/C17H16ClN3O3/c1-11-2-7-16(24-11)14-10-15(21-20-14)17(22)19-8-9-23-13-5-3-12(18)4-6-13/h2-7,10H,8-9H2,1H3,(H,19,22)(H,20,21). The van der Waals surface area contributed by atoms with Crippen LogP contribution in [0.1, 0.15) is 16.2 Å². The molecule has 2 N–H and O–H groups in total. The van der Waals surface area contributed by atoms with Gasteiger partial charge in [-0.15, -0.1) is 0 Å². The number of carbonyl (C=O) groups is 1. The van der Waals surface area contributed by atoms with Gasteiger partial charge in [-0.3, -0.25) is 9.89 Å². The van der Waals surface area contributed by atoms with Crippen molar-refractivity contribution in [3.05, 3.63) is 58.9 Å². The van der Waals surface area contributed by atoms with Gasteiger partial charge in [-0.2, -0.15) is 5.10 Å². The van der Waals surface area contributed by atoms with E-state index in [9.17, 15) is 4.79 Å². The molecule has 0 radical (unpaired) electrons. The highest BCUT2D eigenvalue weighted by Crippen LogP contribution is 2.20. The third kappa shape index (κ3) is 3.97. The molecule has 2 aromatic heterocycles. The van der Waals surface area contributed by atoms with Crippen LogP contribution in [0, 0.1) is 6.92 Å². The van der Waals surface area contributed by atoms with Gasteiger partial charge in [-0.1, -0.05) is 11.6 Å². The van der Waals surface area contributed by atoms with Gasteiger partial charge in [-0.25, -0.2) is 0 Å². The predicted octanol–water partition coefficient (Wildman–Crippen LogP) is 3.44. The quantitative estimate of drug-likeness (QED) is 0.671. The summed E-state index contributed by atoms with van der Waals surface area (Å²) in [5, 5.41) is 10.2. The van der Waals surface area contributed by atoms with Crippen LogP contribution < -0.4 is 10.1 Å². The maximum atomic E-state index is 12.1. The monoisotopic (exact) mass is 345 g/mol. The number of amides is 1. The molecule has 124 valence electrons. The third-order valence-electron chi connectivity index (χ3n) is 3.29. The van der Waals surface area contributed by atoms with Crippen LogP contribution in [0.25, 0.3) is 11.5 Å². The number of H-pyrrole nitrogens is 1. The number of hydrogen-bond acceptors (Lipinski definition) is 4. The van der Waals surface area contributed by atoms with E-state index in [1.807, 2.05) is 19.1 Å². The van der Waals surface area contributed by atoms with Crippen LogP contribution in [0.4, 0.5) is 0 Å². The summed E-state index contributed by atoms with van der Waals surface area (Å²) in [5.41, 5.74) is 0.955. The summed E-state index contributed by atoms with van der Waals surface area (Å²) in [4.78, 5) is 12.1. The summed E-state index contributed by atoms with van der Waals surface area (Å²) in [6.45, 7) is 2.57. The lowest BCUT2D eigenvalue weighted by molar-refractivity contribution is 0.0942. The minimum Gasteiger partial charge on any atom is -0.492 e. The SMILES string of the molecule is Cc1ccc(-c2cc(C(=O)NCCOc3ccc(Cl)cc3)n[nH]2)o1. The number of aryl methyl sites for hydroxylation is 1. The van der Waals surface area contributed by atoms with Crippen LogP contribution in [0.3, 0.4) is 0 Å². The van der Waals surface area contributed by atoms with E-state index in [0.717, 1.165) is 5.76 Å². The van der Waals surface area contributed by atoms with E-state index < -0.39 is 0 Å². The highest BCUT2D eigenvalue weighted by molar-refractivity contribution is 6.30. The first-order chi connectivity index (χ1) is 11.6. The van der Waals surface area contributed by atoms with Crippen LogP contribution >= 0.6 is 11.6 Å². The first kappa shape index (κ1) is 16.1. The van der Waals surface area contributed by atoms with Gasteiger partial charge in [0.2, 0.25) is 0 Å². The summed E-state index contributed by atoms with van der Waals surface area (Å²) < 4.78 is 11.0. The van der Waals surface area contributed by atoms with Crippen molar-refractivity contribution in [3.63, 3.8) is 0 Å². The number of nitrogens with one attached hydrogen (secondary N) is 2. The van der Waals surface area contributed by atoms with Gasteiger partial charge < -0.3 is 14.5 Å². The summed E-state index contributed by atoms with van der Waals surface area (Å²) in [6.07, 6.45) is 0. The average Bonchev–Trinajstić information content (AvgIpc) is 3.22. The van der Waals surface area contributed by atoms with Gasteiger partial charge in [0.25, 0.3) is 5.91 Å². The Hall–Kier alpha value is -2.73. The van der Waals surface area contributed by atoms with Crippen molar-refractivity contribution in [2.45, 2.75) is 6.92 Å². The van der Waals surface area contributed by atoms with Crippen molar-refractivity contribution in [1.82, 2.24) is 15.5 Å². The fourth-order valence-corrected chi connectivity index (χ4v) is 2.22. The number of furan rings is 1. The molecule has 0 bridgehead atoms. The molecule has 2 heterocycles. The molecule has 0 fully saturated rings. The van der Waals surface area contributed by atoms with Crippen molar-refractivity contribution >= 4 is 17.5 Å². The summed E-state index contributed by atoms with van der Waals surface area (Å²) >= 11 is 5.80. The van der Waals surface area contributed by atoms with Crippen molar-refractivity contribution in [1.29, 1.82) is 0 Å². The maximum Gasteiger partial charge on any atom is 0.271 e. The first-order valence-electron chi connectivity index (χ1n) is 7.40. The van der Waals surface area contributed by atoms with Gasteiger partial charge >= 0.3 is 0 Å². The molecule has 0 atom stereocenters. The number of benzene rings is 1. The normalized spacial score (nSPS) is 10.6. The summed E-state index contributed by atoms with van der Waals surface area (Å²) in [7, 11) is 0. The lowest BCUT2D eigenvalue weighted by Gasteiger charge is -2.06. The van der Waals surface area contributed by atoms with Crippen molar-refractivity contribution in [3.8, 4) is 17.2 Å². The number of rotatable bonds is 6. The second-order valence-electron chi connectivity index (χ2n) is 5.14. The van der Waals surface area contributed by atoms with Crippen molar-refractivity contribution < 1.29 is 13.9 Å². The van der Waals surface area contributed by atoms with Gasteiger partial charge in [0, 0.05) is 11.1 Å². The molecule has 1 aromatic carbocycles. The largest absolute Gasteiger partial charge is 0.492 e. The van der Waals surface area contributed by atoms with Crippen LogP contribution in [-0.2, 0) is 0 Å². The molecule has 3 rings (SSSR count). The molecule has 0 spiro atoms. The zero-order valence-electron chi connectivity index (χ0n) is 13.0. The fourth-order valence-electron chi connectivity index (χ4n) is 2.10. The van der Waals surface area contributed by atoms with E-state index in [1.165, 1.54) is 0 Å². The topological polar surface area (TPSA) is 80.1 Å². The Balaban J connectivity index is 1.48. The molecule has 3 aromatic rings. The Morgan fingerprint density at radius 2 is 2.08 bits per heavy atom. The minimum atomic E-state index is -0.277. The first-order valence-corrected chi connectivity index (χ1v) is 7.78. The summed E-state index contributed by atoms with van der Waals surface area (Å²) in [5.74, 6) is 1.86. The average molecular weight is 346 g/mol. The molecule has 6 nitrogen and oxygen atoms in total. The Labute approximate surface area is 143 Å². The van der Waals surface area contributed by atoms with Crippen molar-refractivity contribution in [2.24, 2.45) is 0 Å². The Kier molecular flexibility index (Phi) is 4.86. The number of aromatic nitrogens is 2. The summed E-state index contributed by atoms with van der Waals surface area (Å²) in [6, 6.07) is 12.4. The predicted molar refractivity (Wildman–Crippen MR) is 90.3 cm³/mol. The van der Waals surface area contributed by atoms with Gasteiger partial charge in [0.15, 0.2) is 11.5 Å². The zero-order valence-corrected chi connectivity index (χ0v) is 13.8. The molecule has 24 heavy (non-hydrogen) atoms. The molecule has 0 aliphatic heterocycles. The number of ether oxygens (including phenoxy) is 1. The van der Waals surface area contributed by atoms with E-state index in [1.54, 1.807) is 30.3 Å². The van der Waals surface area contributed by atoms with Gasteiger partial charge in [0.05, 0.1) is 6.54 Å². The van der Waals surface area contributed by atoms with Crippen LogP contribution in [0.15, 0.2) is 46.9 Å². The van der Waals surface area contributed by atoms with Gasteiger partial charge in [0.1, 0.15) is 23.8 Å². The molecular weight excluding hydrogens is 330 g/mol. The lowest BCUT2D eigenvalue weighted by Crippen LogP contribution is -2.28. The molecule has 0 saturated heterocycles. The van der Waals surface area contributed by atoms with Crippen LogP contribution in [0.5, 0.6) is 5.75 Å². The lowest BCUT2D eigenvalue weighted by atomic mass is 10.3. The van der Waals surface area contributed by atoms with E-state index in [2.05, 4.69) is 15.5 Å². The zero-order chi connectivity index (χ0) is 16.9. The Morgan fingerprint density at radius 1 is 1.29 bits per heavy atom. The number of carbonyl (C=O) groups excluding carboxylic acids is 1. The van der Waals surface area contributed by atoms with Gasteiger partial charge in [-0.05, 0) is 43.3 Å². The Bertz CT molecular complexity index is 824. The van der Waals surface area contributed by atoms with Crippen LogP contribution in [-0.4, -0.2) is 29.3 Å². The molecule has 0 aliphatic rings. The van der Waals surface area contributed by atoms with Crippen molar-refractivity contribution in [2.75, 3.05) is 13.2 Å². The molecule has 0 aliphatic carbocycles. The molecule has 1 amide bonds. The highest BCUT2D eigenvalue weighted by Gasteiger charge is 2.12. The minimum absolute atomic E-state index is 0.277. The number of halogens is 1. The molecular formula is C17H16ClN3O3. The third-order valence-corrected chi connectivity index (χ3v) is 3.54. The number of aromatic amines is 1. The van der Waals surface area contributed by atoms with E-state index in [-0.39, 0.29) is 5.91 Å². The smallest absolute Gasteiger partial charge is 0.271 e. The number of nitrogens with zero attached hydrogens (tertiary/aromatic N) is 1. The highest BCUT2D eigenvalue weighted by atomic mass is 35.5. The molecule has 7 heteroatoms. The van der Waals surface area contributed by atoms with Crippen LogP contribution in [0.2, 0.25) is 5.02 Å². The second kappa shape index (κ2) is 7.23. The maximum absolute atomic E-state index is 12.1. The molecule has 0 unspecified atom stereocenters. The second-order valence-corrected chi connectivity index (χ2v) is 5.57. The Morgan fingerprint density at radius 3 is 2.79 bits per heavy atom. The number of hydrogen-bond donors (Lipinski definition) is 2.